The van der Waals surface area contributed by atoms with Crippen molar-refractivity contribution in [3.63, 3.8) is 0 Å². The van der Waals surface area contributed by atoms with Gasteiger partial charge in [-0.05, 0) is 37.5 Å². The summed E-state index contributed by atoms with van der Waals surface area (Å²) in [5.41, 5.74) is 6.19. The SMILES string of the molecule is CCc1nc(C2(N)CCCC(C3CC3)C2)no1. The number of nitrogens with two attached hydrogens (primary N) is 1. The van der Waals surface area contributed by atoms with Crippen molar-refractivity contribution in [3.05, 3.63) is 11.7 Å². The van der Waals surface area contributed by atoms with E-state index in [0.717, 1.165) is 36.9 Å². The maximum Gasteiger partial charge on any atom is 0.226 e. The number of rotatable bonds is 3. The molecule has 0 aromatic carbocycles. The zero-order chi connectivity index (χ0) is 11.9. The Morgan fingerprint density at radius 2 is 2.18 bits per heavy atom. The van der Waals surface area contributed by atoms with Gasteiger partial charge in [0.05, 0.1) is 5.54 Å². The zero-order valence-corrected chi connectivity index (χ0v) is 10.5. The molecule has 1 aromatic rings. The second-order valence-corrected chi connectivity index (χ2v) is 5.72. The summed E-state index contributed by atoms with van der Waals surface area (Å²) >= 11 is 0. The van der Waals surface area contributed by atoms with Crippen LogP contribution in [0.1, 0.15) is 57.2 Å². The Balaban J connectivity index is 1.78. The highest BCUT2D eigenvalue weighted by Gasteiger charge is 2.43. The molecule has 1 heterocycles. The summed E-state index contributed by atoms with van der Waals surface area (Å²) in [6.07, 6.45) is 8.16. The van der Waals surface area contributed by atoms with Crippen LogP contribution in [0, 0.1) is 11.8 Å². The molecule has 2 saturated carbocycles. The Hall–Kier alpha value is -0.900. The Labute approximate surface area is 102 Å². The van der Waals surface area contributed by atoms with Crippen molar-refractivity contribution in [3.8, 4) is 0 Å². The molecule has 94 valence electrons. The lowest BCUT2D eigenvalue weighted by Gasteiger charge is -2.35. The molecule has 17 heavy (non-hydrogen) atoms. The van der Waals surface area contributed by atoms with E-state index in [1.807, 2.05) is 6.92 Å². The first-order chi connectivity index (χ1) is 8.21. The Bertz CT molecular complexity index is 399. The molecule has 0 bridgehead atoms. The molecule has 2 aliphatic rings. The number of hydrogen-bond acceptors (Lipinski definition) is 4. The van der Waals surface area contributed by atoms with Gasteiger partial charge in [-0.15, -0.1) is 0 Å². The van der Waals surface area contributed by atoms with Crippen LogP contribution in [0.5, 0.6) is 0 Å². The lowest BCUT2D eigenvalue weighted by atomic mass is 9.74. The maximum absolute atomic E-state index is 6.52. The topological polar surface area (TPSA) is 64.9 Å². The summed E-state index contributed by atoms with van der Waals surface area (Å²) in [5, 5.41) is 4.09. The van der Waals surface area contributed by atoms with Crippen molar-refractivity contribution in [2.45, 2.75) is 57.4 Å². The van der Waals surface area contributed by atoms with Gasteiger partial charge in [-0.2, -0.15) is 4.98 Å². The standard InChI is InChI=1S/C13H21N3O/c1-2-11-15-12(16-17-11)13(14)7-3-4-10(8-13)9-5-6-9/h9-10H,2-8,14H2,1H3. The smallest absolute Gasteiger partial charge is 0.226 e. The van der Waals surface area contributed by atoms with Gasteiger partial charge in [0.25, 0.3) is 0 Å². The second kappa shape index (κ2) is 4.09. The predicted molar refractivity (Wildman–Crippen MR) is 64.2 cm³/mol. The van der Waals surface area contributed by atoms with E-state index in [9.17, 15) is 0 Å². The average Bonchev–Trinajstić information content (AvgIpc) is 3.06. The molecule has 0 spiro atoms. The fourth-order valence-electron chi connectivity index (χ4n) is 3.13. The van der Waals surface area contributed by atoms with Crippen LogP contribution in [0.15, 0.2) is 4.52 Å². The van der Waals surface area contributed by atoms with Crippen LogP contribution in [0.4, 0.5) is 0 Å². The number of nitrogens with zero attached hydrogens (tertiary/aromatic N) is 2. The highest BCUT2D eigenvalue weighted by atomic mass is 16.5. The first-order valence-electron chi connectivity index (χ1n) is 6.83. The van der Waals surface area contributed by atoms with Gasteiger partial charge in [0, 0.05) is 6.42 Å². The Kier molecular flexibility index (Phi) is 2.69. The van der Waals surface area contributed by atoms with Gasteiger partial charge >= 0.3 is 0 Å². The minimum absolute atomic E-state index is 0.331. The van der Waals surface area contributed by atoms with Crippen molar-refractivity contribution in [1.29, 1.82) is 0 Å². The molecule has 0 amide bonds. The van der Waals surface area contributed by atoms with E-state index in [1.165, 1.54) is 25.7 Å². The summed E-state index contributed by atoms with van der Waals surface area (Å²) < 4.78 is 5.20. The molecule has 2 unspecified atom stereocenters. The van der Waals surface area contributed by atoms with Crippen molar-refractivity contribution in [2.24, 2.45) is 17.6 Å². The molecule has 2 atom stereocenters. The summed E-state index contributed by atoms with van der Waals surface area (Å²) in [5.74, 6) is 3.16. The van der Waals surface area contributed by atoms with E-state index in [0.29, 0.717) is 5.89 Å². The van der Waals surface area contributed by atoms with Crippen LogP contribution in [-0.4, -0.2) is 10.1 Å². The van der Waals surface area contributed by atoms with Crippen LogP contribution in [0.3, 0.4) is 0 Å². The molecular formula is C13H21N3O. The van der Waals surface area contributed by atoms with Crippen LogP contribution in [0.2, 0.25) is 0 Å². The van der Waals surface area contributed by atoms with Gasteiger partial charge in [0.2, 0.25) is 5.89 Å². The fraction of sp³-hybridized carbons (Fsp3) is 0.846. The molecule has 2 N–H and O–H groups in total. The van der Waals surface area contributed by atoms with Crippen molar-refractivity contribution >= 4 is 0 Å². The van der Waals surface area contributed by atoms with Gasteiger partial charge < -0.3 is 10.3 Å². The maximum atomic E-state index is 6.52. The van der Waals surface area contributed by atoms with Gasteiger partial charge in [0.1, 0.15) is 0 Å². The van der Waals surface area contributed by atoms with Gasteiger partial charge in [0.15, 0.2) is 5.82 Å². The van der Waals surface area contributed by atoms with Crippen molar-refractivity contribution < 1.29 is 4.52 Å². The summed E-state index contributed by atoms with van der Waals surface area (Å²) in [6, 6.07) is 0. The molecule has 1 aromatic heterocycles. The Morgan fingerprint density at radius 1 is 1.35 bits per heavy atom. The summed E-state index contributed by atoms with van der Waals surface area (Å²) in [4.78, 5) is 4.44. The highest BCUT2D eigenvalue weighted by molar-refractivity contribution is 5.07. The third-order valence-corrected chi connectivity index (χ3v) is 4.33. The molecule has 2 aliphatic carbocycles. The lowest BCUT2D eigenvalue weighted by Crippen LogP contribution is -2.43. The third kappa shape index (κ3) is 2.10. The summed E-state index contributed by atoms with van der Waals surface area (Å²) in [7, 11) is 0. The monoisotopic (exact) mass is 235 g/mol. The zero-order valence-electron chi connectivity index (χ0n) is 10.5. The third-order valence-electron chi connectivity index (χ3n) is 4.33. The van der Waals surface area contributed by atoms with E-state index in [-0.39, 0.29) is 5.54 Å². The average molecular weight is 235 g/mol. The van der Waals surface area contributed by atoms with Crippen LogP contribution >= 0.6 is 0 Å². The first-order valence-corrected chi connectivity index (χ1v) is 6.83. The predicted octanol–water partition coefficient (Wildman–Crippen LogP) is 2.39. The molecule has 4 nitrogen and oxygen atoms in total. The van der Waals surface area contributed by atoms with E-state index in [4.69, 9.17) is 10.3 Å². The normalized spacial score (nSPS) is 33.9. The number of hydrogen-bond donors (Lipinski definition) is 1. The Morgan fingerprint density at radius 3 is 2.82 bits per heavy atom. The van der Waals surface area contributed by atoms with Crippen LogP contribution in [-0.2, 0) is 12.0 Å². The molecule has 0 saturated heterocycles. The van der Waals surface area contributed by atoms with E-state index in [2.05, 4.69) is 10.1 Å². The first kappa shape index (κ1) is 11.2. The molecule has 0 aliphatic heterocycles. The summed E-state index contributed by atoms with van der Waals surface area (Å²) in [6.45, 7) is 2.02. The minimum atomic E-state index is -0.331. The van der Waals surface area contributed by atoms with Crippen LogP contribution < -0.4 is 5.73 Å². The molecule has 3 rings (SSSR count). The molecule has 2 fully saturated rings. The lowest BCUT2D eigenvalue weighted by molar-refractivity contribution is 0.193. The van der Waals surface area contributed by atoms with Gasteiger partial charge in [-0.1, -0.05) is 24.9 Å². The quantitative estimate of drug-likeness (QED) is 0.873. The molecular weight excluding hydrogens is 214 g/mol. The number of aryl methyl sites for hydroxylation is 1. The van der Waals surface area contributed by atoms with Gasteiger partial charge in [-0.25, -0.2) is 0 Å². The van der Waals surface area contributed by atoms with E-state index < -0.39 is 0 Å². The largest absolute Gasteiger partial charge is 0.339 e. The number of aromatic nitrogens is 2. The van der Waals surface area contributed by atoms with E-state index in [1.54, 1.807) is 0 Å². The highest BCUT2D eigenvalue weighted by Crippen LogP contribution is 2.48. The van der Waals surface area contributed by atoms with Crippen molar-refractivity contribution in [1.82, 2.24) is 10.1 Å². The second-order valence-electron chi connectivity index (χ2n) is 5.72. The van der Waals surface area contributed by atoms with Crippen molar-refractivity contribution in [2.75, 3.05) is 0 Å². The van der Waals surface area contributed by atoms with Crippen LogP contribution in [0.25, 0.3) is 0 Å². The fourth-order valence-corrected chi connectivity index (χ4v) is 3.13. The van der Waals surface area contributed by atoms with E-state index >= 15 is 0 Å². The minimum Gasteiger partial charge on any atom is -0.339 e. The van der Waals surface area contributed by atoms with Gasteiger partial charge in [-0.3, -0.25) is 0 Å². The molecule has 4 heteroatoms. The molecule has 0 radical (unpaired) electrons.